The third kappa shape index (κ3) is 3.32. The van der Waals surface area contributed by atoms with Crippen molar-refractivity contribution in [2.75, 3.05) is 10.6 Å². The molecule has 2 aromatic heterocycles. The lowest BCUT2D eigenvalue weighted by Crippen LogP contribution is -2.35. The van der Waals surface area contributed by atoms with Crippen LogP contribution in [-0.2, 0) is 0 Å². The predicted molar refractivity (Wildman–Crippen MR) is 91.4 cm³/mol. The summed E-state index contributed by atoms with van der Waals surface area (Å²) in [5.41, 5.74) is -0.354. The van der Waals surface area contributed by atoms with Crippen LogP contribution in [0, 0.1) is 5.82 Å². The molecule has 0 saturated heterocycles. The van der Waals surface area contributed by atoms with E-state index in [0.717, 1.165) is 10.7 Å². The number of anilines is 2. The van der Waals surface area contributed by atoms with Gasteiger partial charge in [-0.2, -0.15) is 18.3 Å². The van der Waals surface area contributed by atoms with Crippen molar-refractivity contribution in [1.29, 1.82) is 0 Å². The Hall–Kier alpha value is -3.30. The lowest BCUT2D eigenvalue weighted by atomic mass is 10.0. The minimum Gasteiger partial charge on any atom is -0.467 e. The third-order valence-electron chi connectivity index (χ3n) is 4.43. The molecule has 0 aliphatic carbocycles. The molecule has 0 fully saturated rings. The smallest absolute Gasteiger partial charge is 0.410 e. The molecule has 3 heterocycles. The molecule has 10 heteroatoms. The number of alkyl halides is 3. The van der Waals surface area contributed by atoms with Crippen molar-refractivity contribution in [1.82, 2.24) is 9.78 Å². The lowest BCUT2D eigenvalue weighted by molar-refractivity contribution is -0.174. The molecule has 1 aliphatic heterocycles. The van der Waals surface area contributed by atoms with E-state index in [1.807, 2.05) is 0 Å². The maximum atomic E-state index is 13.7. The molecule has 2 atom stereocenters. The van der Waals surface area contributed by atoms with Crippen molar-refractivity contribution >= 4 is 17.4 Å². The monoisotopic (exact) mass is 394 g/mol. The lowest BCUT2D eigenvalue weighted by Gasteiger charge is -2.32. The second-order valence-electron chi connectivity index (χ2n) is 6.30. The number of hydrogen-bond acceptors (Lipinski definition) is 4. The number of furan rings is 1. The fourth-order valence-electron chi connectivity index (χ4n) is 3.11. The SMILES string of the molecule is O=C(Nc1ccccc1F)c1cc2n(n1)[C@@H](C(F)(F)F)C[C@@H](c1ccco1)N2. The van der Waals surface area contributed by atoms with Crippen LogP contribution in [0.4, 0.5) is 29.1 Å². The van der Waals surface area contributed by atoms with Gasteiger partial charge in [-0.05, 0) is 24.3 Å². The number of rotatable bonds is 3. The summed E-state index contributed by atoms with van der Waals surface area (Å²) in [5.74, 6) is -1.11. The highest BCUT2D eigenvalue weighted by molar-refractivity contribution is 6.03. The molecule has 6 nitrogen and oxygen atoms in total. The summed E-state index contributed by atoms with van der Waals surface area (Å²) in [6.45, 7) is 0. The standard InChI is InChI=1S/C18H14F4N4O2/c19-10-4-1-2-5-11(10)24-17(27)13-9-16-23-12(14-6-3-7-28-14)8-15(18(20,21)22)26(16)25-13/h1-7,9,12,15,23H,8H2,(H,24,27)/t12-,15+/m0/s1. The van der Waals surface area contributed by atoms with Gasteiger partial charge in [0.1, 0.15) is 17.4 Å². The van der Waals surface area contributed by atoms with Crippen LogP contribution in [0.25, 0.3) is 0 Å². The van der Waals surface area contributed by atoms with Gasteiger partial charge in [-0.1, -0.05) is 12.1 Å². The first-order chi connectivity index (χ1) is 13.3. The van der Waals surface area contributed by atoms with Crippen LogP contribution >= 0.6 is 0 Å². The highest BCUT2D eigenvalue weighted by Crippen LogP contribution is 2.43. The van der Waals surface area contributed by atoms with E-state index >= 15 is 0 Å². The van der Waals surface area contributed by atoms with Crippen molar-refractivity contribution in [3.05, 3.63) is 66.0 Å². The molecule has 0 unspecified atom stereocenters. The number of nitrogens with one attached hydrogen (secondary N) is 2. The number of nitrogens with zero attached hydrogens (tertiary/aromatic N) is 2. The van der Waals surface area contributed by atoms with E-state index < -0.39 is 30.0 Å². The van der Waals surface area contributed by atoms with E-state index in [9.17, 15) is 22.4 Å². The molecule has 0 spiro atoms. The molecule has 2 N–H and O–H groups in total. The summed E-state index contributed by atoms with van der Waals surface area (Å²) < 4.78 is 60.4. The van der Waals surface area contributed by atoms with Crippen LogP contribution in [0.15, 0.2) is 53.1 Å². The fourth-order valence-corrected chi connectivity index (χ4v) is 3.11. The number of carbonyl (C=O) groups excluding carboxylic acids is 1. The summed E-state index contributed by atoms with van der Waals surface area (Å²) in [7, 11) is 0. The maximum Gasteiger partial charge on any atom is 0.410 e. The molecule has 1 aromatic carbocycles. The molecular formula is C18H14F4N4O2. The van der Waals surface area contributed by atoms with Gasteiger partial charge < -0.3 is 15.1 Å². The van der Waals surface area contributed by atoms with Crippen LogP contribution in [0.3, 0.4) is 0 Å². The number of hydrogen-bond donors (Lipinski definition) is 2. The van der Waals surface area contributed by atoms with Gasteiger partial charge in [0, 0.05) is 12.5 Å². The Morgan fingerprint density at radius 1 is 1.25 bits per heavy atom. The third-order valence-corrected chi connectivity index (χ3v) is 4.43. The Morgan fingerprint density at radius 3 is 2.71 bits per heavy atom. The fraction of sp³-hybridized carbons (Fsp3) is 0.222. The number of fused-ring (bicyclic) bond motifs is 1. The number of amides is 1. The van der Waals surface area contributed by atoms with Gasteiger partial charge >= 0.3 is 6.18 Å². The molecule has 0 bridgehead atoms. The van der Waals surface area contributed by atoms with Crippen LogP contribution in [0.2, 0.25) is 0 Å². The van der Waals surface area contributed by atoms with E-state index in [-0.39, 0.29) is 23.6 Å². The summed E-state index contributed by atoms with van der Waals surface area (Å²) in [5, 5.41) is 9.02. The molecule has 1 aliphatic rings. The quantitative estimate of drug-likeness (QED) is 0.641. The van der Waals surface area contributed by atoms with Gasteiger partial charge in [-0.25, -0.2) is 9.07 Å². The first kappa shape index (κ1) is 18.1. The first-order valence-corrected chi connectivity index (χ1v) is 8.35. The normalized spacial score (nSPS) is 19.0. The van der Waals surface area contributed by atoms with Crippen LogP contribution < -0.4 is 10.6 Å². The van der Waals surface area contributed by atoms with Gasteiger partial charge in [-0.15, -0.1) is 0 Å². The van der Waals surface area contributed by atoms with E-state index in [1.54, 1.807) is 12.1 Å². The molecule has 0 saturated carbocycles. The highest BCUT2D eigenvalue weighted by atomic mass is 19.4. The molecule has 4 rings (SSSR count). The maximum absolute atomic E-state index is 13.7. The van der Waals surface area contributed by atoms with E-state index in [2.05, 4.69) is 15.7 Å². The summed E-state index contributed by atoms with van der Waals surface area (Å²) in [4.78, 5) is 12.4. The molecule has 1 amide bonds. The second-order valence-corrected chi connectivity index (χ2v) is 6.30. The van der Waals surface area contributed by atoms with Crippen LogP contribution in [-0.4, -0.2) is 21.9 Å². The number of para-hydroxylation sites is 1. The molecule has 28 heavy (non-hydrogen) atoms. The zero-order valence-corrected chi connectivity index (χ0v) is 14.2. The zero-order chi connectivity index (χ0) is 19.9. The minimum atomic E-state index is -4.58. The van der Waals surface area contributed by atoms with Crippen LogP contribution in [0.5, 0.6) is 0 Å². The van der Waals surface area contributed by atoms with Gasteiger partial charge in [-0.3, -0.25) is 4.79 Å². The minimum absolute atomic E-state index is 0.0219. The number of halogens is 4. The Balaban J connectivity index is 1.65. The van der Waals surface area contributed by atoms with Crippen LogP contribution in [0.1, 0.15) is 34.8 Å². The van der Waals surface area contributed by atoms with Crippen molar-refractivity contribution in [2.24, 2.45) is 0 Å². The van der Waals surface area contributed by atoms with Gasteiger partial charge in [0.15, 0.2) is 11.7 Å². The summed E-state index contributed by atoms with van der Waals surface area (Å²) >= 11 is 0. The number of benzene rings is 1. The Labute approximate surface area is 156 Å². The van der Waals surface area contributed by atoms with Gasteiger partial charge in [0.25, 0.3) is 5.91 Å². The molecule has 3 aromatic rings. The van der Waals surface area contributed by atoms with Gasteiger partial charge in [0.2, 0.25) is 0 Å². The number of aromatic nitrogens is 2. The van der Waals surface area contributed by atoms with E-state index in [4.69, 9.17) is 4.42 Å². The Morgan fingerprint density at radius 2 is 2.04 bits per heavy atom. The average molecular weight is 394 g/mol. The molecular weight excluding hydrogens is 380 g/mol. The average Bonchev–Trinajstić information content (AvgIpc) is 3.31. The van der Waals surface area contributed by atoms with Crippen molar-refractivity contribution in [3.63, 3.8) is 0 Å². The van der Waals surface area contributed by atoms with Crippen molar-refractivity contribution in [3.8, 4) is 0 Å². The number of carbonyl (C=O) groups is 1. The largest absolute Gasteiger partial charge is 0.467 e. The summed E-state index contributed by atoms with van der Waals surface area (Å²) in [6, 6.07) is 7.16. The summed E-state index contributed by atoms with van der Waals surface area (Å²) in [6.07, 6.45) is -3.55. The van der Waals surface area contributed by atoms with Gasteiger partial charge in [0.05, 0.1) is 18.0 Å². The molecule has 146 valence electrons. The predicted octanol–water partition coefficient (Wildman–Crippen LogP) is 4.53. The first-order valence-electron chi connectivity index (χ1n) is 8.35. The zero-order valence-electron chi connectivity index (χ0n) is 14.2. The highest BCUT2D eigenvalue weighted by Gasteiger charge is 2.47. The second kappa shape index (κ2) is 6.70. The van der Waals surface area contributed by atoms with Crippen molar-refractivity contribution < 1.29 is 26.8 Å². The Kier molecular flexibility index (Phi) is 4.33. The Bertz CT molecular complexity index is 997. The van der Waals surface area contributed by atoms with E-state index in [0.29, 0.717) is 5.76 Å². The van der Waals surface area contributed by atoms with Crippen molar-refractivity contribution in [2.45, 2.75) is 24.7 Å². The molecule has 0 radical (unpaired) electrons. The van der Waals surface area contributed by atoms with E-state index in [1.165, 1.54) is 30.5 Å². The topological polar surface area (TPSA) is 72.1 Å².